The second kappa shape index (κ2) is 6.23. The lowest BCUT2D eigenvalue weighted by atomic mass is 10.2. The first-order valence-corrected chi connectivity index (χ1v) is 7.50. The van der Waals surface area contributed by atoms with Crippen LogP contribution in [0.3, 0.4) is 0 Å². The summed E-state index contributed by atoms with van der Waals surface area (Å²) in [5, 5.41) is 3.67. The molecule has 0 saturated heterocycles. The van der Waals surface area contributed by atoms with E-state index >= 15 is 0 Å². The first-order valence-electron chi connectivity index (χ1n) is 7.50. The first kappa shape index (κ1) is 15.9. The summed E-state index contributed by atoms with van der Waals surface area (Å²) in [7, 11) is 5.03. The van der Waals surface area contributed by atoms with Crippen LogP contribution in [-0.2, 0) is 7.05 Å². The van der Waals surface area contributed by atoms with Crippen LogP contribution in [0.4, 0.5) is 5.82 Å². The van der Waals surface area contributed by atoms with Crippen molar-refractivity contribution < 1.29 is 14.3 Å². The van der Waals surface area contributed by atoms with Gasteiger partial charge in [0.25, 0.3) is 5.91 Å². The van der Waals surface area contributed by atoms with E-state index in [1.165, 1.54) is 0 Å². The highest BCUT2D eigenvalue weighted by Crippen LogP contribution is 2.35. The van der Waals surface area contributed by atoms with Crippen molar-refractivity contribution in [2.75, 3.05) is 19.5 Å². The van der Waals surface area contributed by atoms with Crippen LogP contribution in [0.25, 0.3) is 10.9 Å². The lowest BCUT2D eigenvalue weighted by Gasteiger charge is -2.09. The summed E-state index contributed by atoms with van der Waals surface area (Å²) >= 11 is 0. The number of nitrogens with one attached hydrogen (secondary N) is 1. The molecule has 6 heteroatoms. The zero-order valence-electron chi connectivity index (χ0n) is 14.1. The lowest BCUT2D eigenvalue weighted by Crippen LogP contribution is -2.17. The smallest absolute Gasteiger partial charge is 0.273 e. The van der Waals surface area contributed by atoms with Crippen LogP contribution in [0.15, 0.2) is 36.5 Å². The number of aromatic nitrogens is 2. The van der Waals surface area contributed by atoms with Crippen molar-refractivity contribution in [1.29, 1.82) is 0 Å². The van der Waals surface area contributed by atoms with E-state index in [0.717, 1.165) is 16.5 Å². The van der Waals surface area contributed by atoms with Gasteiger partial charge in [0.05, 0.1) is 19.7 Å². The third-order valence-corrected chi connectivity index (χ3v) is 4.03. The molecule has 6 nitrogen and oxygen atoms in total. The van der Waals surface area contributed by atoms with Gasteiger partial charge >= 0.3 is 0 Å². The third-order valence-electron chi connectivity index (χ3n) is 4.03. The summed E-state index contributed by atoms with van der Waals surface area (Å²) in [5.41, 5.74) is 2.21. The second-order valence-corrected chi connectivity index (χ2v) is 5.44. The minimum absolute atomic E-state index is 0.236. The molecule has 24 heavy (non-hydrogen) atoms. The molecule has 0 aliphatic carbocycles. The molecule has 0 spiro atoms. The standard InChI is InChI=1S/C18H19N3O3/c1-11-6-5-9-19-17(11)20-18(22)13-10-12-14(23-3)7-8-15(24-4)16(12)21(13)2/h5-10H,1-4H3,(H,19,20,22). The van der Waals surface area contributed by atoms with Crippen LogP contribution in [0, 0.1) is 6.92 Å². The van der Waals surface area contributed by atoms with Crippen molar-refractivity contribution in [1.82, 2.24) is 9.55 Å². The molecule has 0 aliphatic heterocycles. The number of carbonyl (C=O) groups is 1. The first-order chi connectivity index (χ1) is 11.6. The Labute approximate surface area is 140 Å². The third kappa shape index (κ3) is 2.56. The molecule has 0 unspecified atom stereocenters. The molecule has 2 aromatic heterocycles. The van der Waals surface area contributed by atoms with Crippen molar-refractivity contribution in [2.45, 2.75) is 6.92 Å². The fourth-order valence-corrected chi connectivity index (χ4v) is 2.76. The predicted molar refractivity (Wildman–Crippen MR) is 93.0 cm³/mol. The monoisotopic (exact) mass is 325 g/mol. The summed E-state index contributed by atoms with van der Waals surface area (Å²) in [5.74, 6) is 1.68. The minimum Gasteiger partial charge on any atom is -0.496 e. The number of pyridine rings is 1. The molecule has 3 aromatic rings. The van der Waals surface area contributed by atoms with E-state index in [1.54, 1.807) is 31.0 Å². The van der Waals surface area contributed by atoms with Crippen molar-refractivity contribution in [3.05, 3.63) is 47.8 Å². The van der Waals surface area contributed by atoms with Crippen LogP contribution in [0.2, 0.25) is 0 Å². The van der Waals surface area contributed by atoms with E-state index in [-0.39, 0.29) is 5.91 Å². The Balaban J connectivity index is 2.08. The second-order valence-electron chi connectivity index (χ2n) is 5.44. The lowest BCUT2D eigenvalue weighted by molar-refractivity contribution is 0.101. The number of aryl methyl sites for hydroxylation is 2. The summed E-state index contributed by atoms with van der Waals surface area (Å²) in [6.07, 6.45) is 1.65. The van der Waals surface area contributed by atoms with Gasteiger partial charge in [0.1, 0.15) is 23.0 Å². The van der Waals surface area contributed by atoms with E-state index in [4.69, 9.17) is 9.47 Å². The maximum atomic E-state index is 12.7. The SMILES string of the molecule is COc1ccc(OC)c2c1cc(C(=O)Nc1ncccc1C)n2C. The van der Waals surface area contributed by atoms with Crippen molar-refractivity contribution >= 4 is 22.6 Å². The number of fused-ring (bicyclic) bond motifs is 1. The molecule has 0 aliphatic rings. The molecule has 0 atom stereocenters. The summed E-state index contributed by atoms with van der Waals surface area (Å²) < 4.78 is 12.6. The Morgan fingerprint density at radius 3 is 2.54 bits per heavy atom. The summed E-state index contributed by atoms with van der Waals surface area (Å²) in [4.78, 5) is 16.9. The Bertz CT molecular complexity index is 915. The number of rotatable bonds is 4. The van der Waals surface area contributed by atoms with E-state index in [0.29, 0.717) is 23.0 Å². The molecule has 1 amide bonds. The van der Waals surface area contributed by atoms with Gasteiger partial charge in [0, 0.05) is 18.6 Å². The maximum Gasteiger partial charge on any atom is 0.273 e. The van der Waals surface area contributed by atoms with Gasteiger partial charge in [-0.05, 0) is 36.8 Å². The fourth-order valence-electron chi connectivity index (χ4n) is 2.76. The number of benzene rings is 1. The van der Waals surface area contributed by atoms with Crippen molar-refractivity contribution in [2.24, 2.45) is 7.05 Å². The van der Waals surface area contributed by atoms with Crippen LogP contribution < -0.4 is 14.8 Å². The van der Waals surface area contributed by atoms with E-state index in [9.17, 15) is 4.79 Å². The number of nitrogens with zero attached hydrogens (tertiary/aromatic N) is 2. The van der Waals surface area contributed by atoms with Gasteiger partial charge in [-0.25, -0.2) is 4.98 Å². The number of anilines is 1. The molecular weight excluding hydrogens is 306 g/mol. The highest BCUT2D eigenvalue weighted by molar-refractivity contribution is 6.07. The molecule has 0 bridgehead atoms. The molecule has 0 saturated carbocycles. The van der Waals surface area contributed by atoms with Gasteiger partial charge in [-0.2, -0.15) is 0 Å². The molecule has 3 rings (SSSR count). The van der Waals surface area contributed by atoms with Gasteiger partial charge in [0.2, 0.25) is 0 Å². The highest BCUT2D eigenvalue weighted by Gasteiger charge is 2.19. The Morgan fingerprint density at radius 1 is 1.17 bits per heavy atom. The number of hydrogen-bond acceptors (Lipinski definition) is 4. The molecular formula is C18H19N3O3. The molecule has 0 fully saturated rings. The average molecular weight is 325 g/mol. The van der Waals surface area contributed by atoms with Gasteiger partial charge in [-0.3, -0.25) is 4.79 Å². The summed E-state index contributed by atoms with van der Waals surface area (Å²) in [6, 6.07) is 9.18. The Kier molecular flexibility index (Phi) is 4.12. The summed E-state index contributed by atoms with van der Waals surface area (Å²) in [6.45, 7) is 1.90. The Hall–Kier alpha value is -3.02. The Morgan fingerprint density at radius 2 is 1.88 bits per heavy atom. The van der Waals surface area contributed by atoms with E-state index in [1.807, 2.05) is 38.2 Å². The van der Waals surface area contributed by atoms with Crippen molar-refractivity contribution in [3.8, 4) is 11.5 Å². The largest absolute Gasteiger partial charge is 0.496 e. The van der Waals surface area contributed by atoms with Gasteiger partial charge in [-0.1, -0.05) is 6.07 Å². The van der Waals surface area contributed by atoms with E-state index in [2.05, 4.69) is 10.3 Å². The molecule has 0 radical (unpaired) electrons. The van der Waals surface area contributed by atoms with Crippen molar-refractivity contribution in [3.63, 3.8) is 0 Å². The topological polar surface area (TPSA) is 65.4 Å². The van der Waals surface area contributed by atoms with Gasteiger partial charge in [-0.15, -0.1) is 0 Å². The van der Waals surface area contributed by atoms with Crippen LogP contribution in [-0.4, -0.2) is 29.7 Å². The quantitative estimate of drug-likeness (QED) is 0.800. The van der Waals surface area contributed by atoms with E-state index < -0.39 is 0 Å². The number of methoxy groups -OCH3 is 2. The number of ether oxygens (including phenoxy) is 2. The minimum atomic E-state index is -0.236. The molecule has 1 N–H and O–H groups in total. The maximum absolute atomic E-state index is 12.7. The zero-order valence-corrected chi connectivity index (χ0v) is 14.1. The molecule has 124 valence electrons. The number of amides is 1. The normalized spacial score (nSPS) is 10.7. The van der Waals surface area contributed by atoms with Crippen LogP contribution >= 0.6 is 0 Å². The predicted octanol–water partition coefficient (Wildman–Crippen LogP) is 3.15. The van der Waals surface area contributed by atoms with Gasteiger partial charge < -0.3 is 19.4 Å². The van der Waals surface area contributed by atoms with Gasteiger partial charge in [0.15, 0.2) is 0 Å². The highest BCUT2D eigenvalue weighted by atomic mass is 16.5. The number of hydrogen-bond donors (Lipinski definition) is 1. The fraction of sp³-hybridized carbons (Fsp3) is 0.222. The van der Waals surface area contributed by atoms with Crippen LogP contribution in [0.5, 0.6) is 11.5 Å². The molecule has 1 aromatic carbocycles. The van der Waals surface area contributed by atoms with Crippen LogP contribution in [0.1, 0.15) is 16.1 Å². The average Bonchev–Trinajstić information content (AvgIpc) is 2.94. The zero-order chi connectivity index (χ0) is 17.3. The molecule has 2 heterocycles. The number of carbonyl (C=O) groups excluding carboxylic acids is 1.